The molecule has 4 nitrogen and oxygen atoms in total. The molecule has 1 N–H and O–H groups in total. The number of benzene rings is 1. The van der Waals surface area contributed by atoms with Gasteiger partial charge in [-0.25, -0.2) is 0 Å². The second-order valence-corrected chi connectivity index (χ2v) is 4.68. The third-order valence-corrected chi connectivity index (χ3v) is 3.03. The smallest absolute Gasteiger partial charge is 0.315 e. The van der Waals surface area contributed by atoms with E-state index in [1.807, 2.05) is 32.0 Å². The van der Waals surface area contributed by atoms with E-state index in [-0.39, 0.29) is 5.91 Å². The van der Waals surface area contributed by atoms with Crippen LogP contribution in [0.15, 0.2) is 18.2 Å². The molecule has 1 atom stereocenters. The van der Waals surface area contributed by atoms with E-state index >= 15 is 0 Å². The zero-order valence-corrected chi connectivity index (χ0v) is 11.2. The fourth-order valence-corrected chi connectivity index (χ4v) is 1.74. The summed E-state index contributed by atoms with van der Waals surface area (Å²) in [5, 5.41) is 8.82. The molecule has 0 radical (unpaired) electrons. The molecule has 0 aliphatic rings. The Labute approximate surface area is 107 Å². The van der Waals surface area contributed by atoms with Gasteiger partial charge in [0.15, 0.2) is 0 Å². The van der Waals surface area contributed by atoms with Crippen molar-refractivity contribution in [3.63, 3.8) is 0 Å². The highest BCUT2D eigenvalue weighted by Gasteiger charge is 2.24. The fraction of sp³-hybridized carbons (Fsp3) is 0.429. The Kier molecular flexibility index (Phi) is 4.48. The molecule has 4 heteroatoms. The average Bonchev–Trinajstić information content (AvgIpc) is 2.31. The predicted molar refractivity (Wildman–Crippen MR) is 69.2 cm³/mol. The lowest BCUT2D eigenvalue weighted by atomic mass is 10.0. The predicted octanol–water partition coefficient (Wildman–Crippen LogP) is 1.98. The maximum absolute atomic E-state index is 11.8. The van der Waals surface area contributed by atoms with E-state index in [4.69, 9.17) is 5.11 Å². The van der Waals surface area contributed by atoms with Crippen LogP contribution in [-0.4, -0.2) is 28.9 Å². The van der Waals surface area contributed by atoms with Gasteiger partial charge in [0.25, 0.3) is 0 Å². The molecular formula is C14H19NO3. The molecule has 0 fully saturated rings. The van der Waals surface area contributed by atoms with Crippen molar-refractivity contribution in [2.75, 3.05) is 7.05 Å². The minimum absolute atomic E-state index is 0.372. The van der Waals surface area contributed by atoms with Crippen LogP contribution in [0.5, 0.6) is 0 Å². The number of aryl methyl sites for hydroxylation is 2. The number of amides is 1. The van der Waals surface area contributed by atoms with E-state index in [1.54, 1.807) is 7.05 Å². The average molecular weight is 249 g/mol. The molecule has 0 heterocycles. The van der Waals surface area contributed by atoms with Crippen molar-refractivity contribution in [3.05, 3.63) is 34.9 Å². The van der Waals surface area contributed by atoms with E-state index in [9.17, 15) is 9.59 Å². The number of nitrogens with zero attached hydrogens (tertiary/aromatic N) is 1. The molecule has 1 rings (SSSR count). The van der Waals surface area contributed by atoms with E-state index < -0.39 is 11.9 Å². The summed E-state index contributed by atoms with van der Waals surface area (Å²) < 4.78 is 0. The largest absolute Gasteiger partial charge is 0.481 e. The van der Waals surface area contributed by atoms with Crippen molar-refractivity contribution < 1.29 is 14.7 Å². The molecule has 1 aromatic rings. The van der Waals surface area contributed by atoms with Crippen LogP contribution in [0, 0.1) is 19.8 Å². The molecule has 0 aliphatic heterocycles. The van der Waals surface area contributed by atoms with Crippen LogP contribution in [0.4, 0.5) is 0 Å². The van der Waals surface area contributed by atoms with E-state index in [1.165, 1.54) is 11.8 Å². The third kappa shape index (κ3) is 3.32. The summed E-state index contributed by atoms with van der Waals surface area (Å²) in [6, 6.07) is 6.04. The van der Waals surface area contributed by atoms with Crippen LogP contribution in [0.3, 0.4) is 0 Å². The summed E-state index contributed by atoms with van der Waals surface area (Å²) in [6.07, 6.45) is 0. The zero-order valence-electron chi connectivity index (χ0n) is 11.2. The second kappa shape index (κ2) is 5.67. The Hall–Kier alpha value is -1.84. The summed E-state index contributed by atoms with van der Waals surface area (Å²) in [6.45, 7) is 5.81. The summed E-state index contributed by atoms with van der Waals surface area (Å²) in [4.78, 5) is 24.1. The van der Waals surface area contributed by atoms with Crippen molar-refractivity contribution in [1.82, 2.24) is 4.90 Å². The number of carbonyl (C=O) groups excluding carboxylic acids is 1. The first-order valence-corrected chi connectivity index (χ1v) is 5.87. The summed E-state index contributed by atoms with van der Waals surface area (Å²) in [5.41, 5.74) is 3.27. The zero-order chi connectivity index (χ0) is 13.9. The normalized spacial score (nSPS) is 12.0. The second-order valence-electron chi connectivity index (χ2n) is 4.68. The number of hydrogen-bond donors (Lipinski definition) is 1. The number of aliphatic carboxylic acids is 1. The highest BCUT2D eigenvalue weighted by atomic mass is 16.4. The molecule has 1 unspecified atom stereocenters. The van der Waals surface area contributed by atoms with Gasteiger partial charge in [0.05, 0.1) is 0 Å². The molecule has 0 saturated heterocycles. The molecule has 18 heavy (non-hydrogen) atoms. The molecule has 1 aromatic carbocycles. The van der Waals surface area contributed by atoms with Gasteiger partial charge in [-0.2, -0.15) is 0 Å². The van der Waals surface area contributed by atoms with Crippen LogP contribution < -0.4 is 0 Å². The lowest BCUT2D eigenvalue weighted by Crippen LogP contribution is -2.35. The molecule has 0 aromatic heterocycles. The van der Waals surface area contributed by atoms with Crippen molar-refractivity contribution in [2.24, 2.45) is 5.92 Å². The van der Waals surface area contributed by atoms with Gasteiger partial charge in [-0.05, 0) is 31.9 Å². The number of carboxylic acids is 1. The van der Waals surface area contributed by atoms with Crippen LogP contribution >= 0.6 is 0 Å². The topological polar surface area (TPSA) is 57.6 Å². The Morgan fingerprint density at radius 1 is 1.33 bits per heavy atom. The number of rotatable bonds is 4. The van der Waals surface area contributed by atoms with Crippen LogP contribution in [0.25, 0.3) is 0 Å². The van der Waals surface area contributed by atoms with Gasteiger partial charge in [-0.15, -0.1) is 0 Å². The minimum Gasteiger partial charge on any atom is -0.481 e. The van der Waals surface area contributed by atoms with Crippen LogP contribution in [0.2, 0.25) is 0 Å². The highest BCUT2D eigenvalue weighted by Crippen LogP contribution is 2.14. The monoisotopic (exact) mass is 249 g/mol. The maximum Gasteiger partial charge on any atom is 0.315 e. The van der Waals surface area contributed by atoms with E-state index in [0.29, 0.717) is 6.54 Å². The minimum atomic E-state index is -1.09. The van der Waals surface area contributed by atoms with Gasteiger partial charge in [0.2, 0.25) is 5.91 Å². The highest BCUT2D eigenvalue weighted by molar-refractivity contribution is 5.96. The lowest BCUT2D eigenvalue weighted by molar-refractivity contribution is -0.149. The molecule has 0 spiro atoms. The van der Waals surface area contributed by atoms with Crippen molar-refractivity contribution in [3.8, 4) is 0 Å². The van der Waals surface area contributed by atoms with Gasteiger partial charge in [0, 0.05) is 13.6 Å². The Morgan fingerprint density at radius 2 is 1.94 bits per heavy atom. The first kappa shape index (κ1) is 14.2. The first-order valence-electron chi connectivity index (χ1n) is 5.87. The van der Waals surface area contributed by atoms with E-state index in [0.717, 1.165) is 16.7 Å². The summed E-state index contributed by atoms with van der Waals surface area (Å²) in [5.74, 6) is -2.46. The molecule has 98 valence electrons. The molecule has 0 bridgehead atoms. The van der Waals surface area contributed by atoms with Crippen molar-refractivity contribution >= 4 is 11.9 Å². The van der Waals surface area contributed by atoms with E-state index in [2.05, 4.69) is 0 Å². The summed E-state index contributed by atoms with van der Waals surface area (Å²) >= 11 is 0. The Balaban J connectivity index is 2.81. The van der Waals surface area contributed by atoms with Gasteiger partial charge in [-0.3, -0.25) is 9.59 Å². The summed E-state index contributed by atoms with van der Waals surface area (Å²) in [7, 11) is 1.63. The number of carboxylic acid groups (broad SMARTS) is 1. The van der Waals surface area contributed by atoms with Crippen molar-refractivity contribution in [2.45, 2.75) is 27.3 Å². The lowest BCUT2D eigenvalue weighted by Gasteiger charge is -2.20. The van der Waals surface area contributed by atoms with Crippen LogP contribution in [-0.2, 0) is 16.1 Å². The SMILES string of the molecule is Cc1ccc(C)c(CN(C)C(=O)C(C)C(=O)O)c1. The molecule has 1 amide bonds. The van der Waals surface area contributed by atoms with Gasteiger partial charge < -0.3 is 10.0 Å². The van der Waals surface area contributed by atoms with Gasteiger partial charge in [0.1, 0.15) is 5.92 Å². The molecular weight excluding hydrogens is 230 g/mol. The quantitative estimate of drug-likeness (QED) is 0.830. The number of hydrogen-bond acceptors (Lipinski definition) is 2. The first-order chi connectivity index (χ1) is 8.32. The van der Waals surface area contributed by atoms with Gasteiger partial charge in [-0.1, -0.05) is 23.8 Å². The maximum atomic E-state index is 11.8. The number of carbonyl (C=O) groups is 2. The van der Waals surface area contributed by atoms with Gasteiger partial charge >= 0.3 is 5.97 Å². The standard InChI is InChI=1S/C14H19NO3/c1-9-5-6-10(2)12(7-9)8-15(4)13(16)11(3)14(17)18/h5-7,11H,8H2,1-4H3,(H,17,18). The third-order valence-electron chi connectivity index (χ3n) is 3.03. The molecule has 0 saturated carbocycles. The van der Waals surface area contributed by atoms with Crippen molar-refractivity contribution in [1.29, 1.82) is 0 Å². The Morgan fingerprint density at radius 3 is 2.50 bits per heavy atom. The fourth-order valence-electron chi connectivity index (χ4n) is 1.74. The van der Waals surface area contributed by atoms with Crippen LogP contribution in [0.1, 0.15) is 23.6 Å². The Bertz CT molecular complexity index is 468. The molecule has 0 aliphatic carbocycles.